The lowest BCUT2D eigenvalue weighted by atomic mass is 10.1. The maximum absolute atomic E-state index is 13.0. The summed E-state index contributed by atoms with van der Waals surface area (Å²) in [5.74, 6) is -0.449. The minimum Gasteiger partial charge on any atom is -0.349 e. The summed E-state index contributed by atoms with van der Waals surface area (Å²) in [5, 5.41) is 2.80. The Kier molecular flexibility index (Phi) is 4.44. The fourth-order valence-corrected chi connectivity index (χ4v) is 4.18. The van der Waals surface area contributed by atoms with Crippen LogP contribution in [0.25, 0.3) is 0 Å². The molecule has 1 N–H and O–H groups in total. The van der Waals surface area contributed by atoms with Gasteiger partial charge in [0.1, 0.15) is 15.7 Å². The summed E-state index contributed by atoms with van der Waals surface area (Å²) in [6.45, 7) is 0. The minimum absolute atomic E-state index is 0.110. The molecule has 1 aliphatic heterocycles. The highest BCUT2D eigenvalue weighted by molar-refractivity contribution is 14.1. The topological polar surface area (TPSA) is 63.2 Å². The number of rotatable bonds is 2. The number of hydrogen-bond donors (Lipinski definition) is 1. The van der Waals surface area contributed by atoms with Crippen LogP contribution in [-0.2, 0) is 9.84 Å². The van der Waals surface area contributed by atoms with E-state index < -0.39 is 9.84 Å². The van der Waals surface area contributed by atoms with Crippen LogP contribution in [0.2, 0.25) is 0 Å². The highest BCUT2D eigenvalue weighted by atomic mass is 127. The van der Waals surface area contributed by atoms with Crippen LogP contribution in [0.1, 0.15) is 23.2 Å². The highest BCUT2D eigenvalue weighted by Crippen LogP contribution is 2.16. The molecule has 1 saturated heterocycles. The Morgan fingerprint density at radius 3 is 2.53 bits per heavy atom. The minimum atomic E-state index is -2.93. The molecule has 0 aliphatic carbocycles. The summed E-state index contributed by atoms with van der Waals surface area (Å²) in [7, 11) is -2.93. The largest absolute Gasteiger partial charge is 0.349 e. The first kappa shape index (κ1) is 14.7. The van der Waals surface area contributed by atoms with Gasteiger partial charge in [-0.15, -0.1) is 0 Å². The standard InChI is InChI=1S/C12H13FINO3S/c13-8-1-2-10(11(14)7-8)12(16)15-9-3-5-19(17,18)6-4-9/h1-2,7,9H,3-6H2,(H,15,16). The average molecular weight is 397 g/mol. The lowest BCUT2D eigenvalue weighted by Crippen LogP contribution is -2.41. The van der Waals surface area contributed by atoms with Gasteiger partial charge in [0.25, 0.3) is 5.91 Å². The van der Waals surface area contributed by atoms with E-state index in [1.54, 1.807) is 0 Å². The van der Waals surface area contributed by atoms with Gasteiger partial charge in [-0.05, 0) is 53.6 Å². The fraction of sp³-hybridized carbons (Fsp3) is 0.417. The Bertz CT molecular complexity index is 589. The zero-order valence-electron chi connectivity index (χ0n) is 10.0. The van der Waals surface area contributed by atoms with Gasteiger partial charge in [-0.2, -0.15) is 0 Å². The summed E-state index contributed by atoms with van der Waals surface area (Å²) in [6, 6.07) is 3.84. The van der Waals surface area contributed by atoms with Gasteiger partial charge in [-0.25, -0.2) is 12.8 Å². The van der Waals surface area contributed by atoms with Crippen molar-refractivity contribution in [3.05, 3.63) is 33.1 Å². The maximum Gasteiger partial charge on any atom is 0.252 e. The number of halogens is 2. The van der Waals surface area contributed by atoms with Gasteiger partial charge in [-0.3, -0.25) is 4.79 Å². The van der Waals surface area contributed by atoms with Crippen LogP contribution in [0, 0.1) is 9.39 Å². The van der Waals surface area contributed by atoms with Crippen LogP contribution in [0.3, 0.4) is 0 Å². The number of hydrogen-bond acceptors (Lipinski definition) is 3. The summed E-state index contributed by atoms with van der Waals surface area (Å²) in [4.78, 5) is 12.0. The molecular formula is C12H13FINO3S. The van der Waals surface area contributed by atoms with Crippen LogP contribution in [0.15, 0.2) is 18.2 Å². The van der Waals surface area contributed by atoms with E-state index in [-0.39, 0.29) is 29.3 Å². The van der Waals surface area contributed by atoms with Crippen molar-refractivity contribution < 1.29 is 17.6 Å². The molecule has 0 radical (unpaired) electrons. The second-order valence-corrected chi connectivity index (χ2v) is 7.99. The molecule has 0 bridgehead atoms. The van der Waals surface area contributed by atoms with Gasteiger partial charge in [0.2, 0.25) is 0 Å². The third-order valence-corrected chi connectivity index (χ3v) is 5.67. The van der Waals surface area contributed by atoms with Crippen molar-refractivity contribution in [2.75, 3.05) is 11.5 Å². The monoisotopic (exact) mass is 397 g/mol. The van der Waals surface area contributed by atoms with Crippen LogP contribution in [0.5, 0.6) is 0 Å². The van der Waals surface area contributed by atoms with Crippen molar-refractivity contribution in [3.63, 3.8) is 0 Å². The molecule has 1 aromatic rings. The van der Waals surface area contributed by atoms with Crippen molar-refractivity contribution in [1.29, 1.82) is 0 Å². The van der Waals surface area contributed by atoms with Crippen LogP contribution in [0.4, 0.5) is 4.39 Å². The predicted octanol–water partition coefficient (Wildman–Crippen LogP) is 1.74. The molecule has 0 saturated carbocycles. The van der Waals surface area contributed by atoms with Crippen molar-refractivity contribution >= 4 is 38.3 Å². The summed E-state index contributed by atoms with van der Waals surface area (Å²) >= 11 is 1.90. The Morgan fingerprint density at radius 1 is 1.32 bits per heavy atom. The molecule has 0 unspecified atom stereocenters. The maximum atomic E-state index is 13.0. The molecule has 1 amide bonds. The smallest absolute Gasteiger partial charge is 0.252 e. The van der Waals surface area contributed by atoms with E-state index in [9.17, 15) is 17.6 Å². The quantitative estimate of drug-likeness (QED) is 0.774. The molecule has 1 aromatic carbocycles. The Balaban J connectivity index is 2.02. The molecule has 4 nitrogen and oxygen atoms in total. The average Bonchev–Trinajstić information content (AvgIpc) is 2.31. The zero-order chi connectivity index (χ0) is 14.0. The van der Waals surface area contributed by atoms with E-state index in [1.807, 2.05) is 22.6 Å². The van der Waals surface area contributed by atoms with E-state index in [4.69, 9.17) is 0 Å². The number of benzene rings is 1. The van der Waals surface area contributed by atoms with Gasteiger partial charge in [-0.1, -0.05) is 0 Å². The first-order valence-corrected chi connectivity index (χ1v) is 8.74. The Labute approximate surface area is 124 Å². The van der Waals surface area contributed by atoms with E-state index in [1.165, 1.54) is 18.2 Å². The van der Waals surface area contributed by atoms with Gasteiger partial charge in [0, 0.05) is 9.61 Å². The molecule has 0 aromatic heterocycles. The van der Waals surface area contributed by atoms with Gasteiger partial charge >= 0.3 is 0 Å². The number of nitrogens with one attached hydrogen (secondary N) is 1. The van der Waals surface area contributed by atoms with Gasteiger partial charge in [0.05, 0.1) is 17.1 Å². The highest BCUT2D eigenvalue weighted by Gasteiger charge is 2.25. The van der Waals surface area contributed by atoms with Crippen molar-refractivity contribution in [2.45, 2.75) is 18.9 Å². The molecule has 1 aliphatic rings. The van der Waals surface area contributed by atoms with Gasteiger partial charge < -0.3 is 5.32 Å². The summed E-state index contributed by atoms with van der Waals surface area (Å²) in [6.07, 6.45) is 0.873. The number of carbonyl (C=O) groups excluding carboxylic acids is 1. The molecule has 1 fully saturated rings. The van der Waals surface area contributed by atoms with Crippen molar-refractivity contribution in [2.24, 2.45) is 0 Å². The Hall–Kier alpha value is -0.700. The zero-order valence-corrected chi connectivity index (χ0v) is 13.0. The lowest BCUT2D eigenvalue weighted by molar-refractivity contribution is 0.0933. The normalized spacial score (nSPS) is 19.1. The van der Waals surface area contributed by atoms with Crippen molar-refractivity contribution in [3.8, 4) is 0 Å². The fourth-order valence-electron chi connectivity index (χ4n) is 1.97. The SMILES string of the molecule is O=C(NC1CCS(=O)(=O)CC1)c1ccc(F)cc1I. The van der Waals surface area contributed by atoms with Crippen LogP contribution < -0.4 is 5.32 Å². The van der Waals surface area contributed by atoms with E-state index >= 15 is 0 Å². The summed E-state index contributed by atoms with van der Waals surface area (Å²) < 4.78 is 36.1. The summed E-state index contributed by atoms with van der Waals surface area (Å²) in [5.41, 5.74) is 0.412. The number of sulfone groups is 1. The number of amides is 1. The molecular weight excluding hydrogens is 384 g/mol. The van der Waals surface area contributed by atoms with Crippen molar-refractivity contribution in [1.82, 2.24) is 5.32 Å². The second-order valence-electron chi connectivity index (χ2n) is 4.52. The van der Waals surface area contributed by atoms with E-state index in [0.29, 0.717) is 22.0 Å². The van der Waals surface area contributed by atoms with Crippen LogP contribution in [-0.4, -0.2) is 31.9 Å². The van der Waals surface area contributed by atoms with Crippen LogP contribution >= 0.6 is 22.6 Å². The molecule has 7 heteroatoms. The predicted molar refractivity (Wildman–Crippen MR) is 78.3 cm³/mol. The molecule has 2 rings (SSSR count). The van der Waals surface area contributed by atoms with E-state index in [0.717, 1.165) is 0 Å². The third-order valence-electron chi connectivity index (χ3n) is 3.07. The molecule has 19 heavy (non-hydrogen) atoms. The Morgan fingerprint density at radius 2 is 1.95 bits per heavy atom. The first-order valence-electron chi connectivity index (χ1n) is 5.84. The lowest BCUT2D eigenvalue weighted by Gasteiger charge is -2.23. The third kappa shape index (κ3) is 3.88. The second kappa shape index (κ2) is 5.74. The first-order chi connectivity index (χ1) is 8.87. The van der Waals surface area contributed by atoms with Gasteiger partial charge in [0.15, 0.2) is 0 Å². The van der Waals surface area contributed by atoms with E-state index in [2.05, 4.69) is 5.32 Å². The molecule has 1 heterocycles. The molecule has 0 spiro atoms. The number of carbonyl (C=O) groups is 1. The molecule has 0 atom stereocenters. The molecule has 104 valence electrons.